The second-order valence-electron chi connectivity index (χ2n) is 13.0. The zero-order chi connectivity index (χ0) is 33.0. The van der Waals surface area contributed by atoms with Crippen LogP contribution >= 0.6 is 0 Å². The number of para-hydroxylation sites is 1. The molecule has 0 saturated carbocycles. The first kappa shape index (κ1) is 31.0. The molecule has 48 heavy (non-hydrogen) atoms. The zero-order valence-corrected chi connectivity index (χ0v) is 28.3. The third-order valence-corrected chi connectivity index (χ3v) is 9.35. The predicted octanol–water partition coefficient (Wildman–Crippen LogP) is 12.9. The number of aryl methyl sites for hydroxylation is 3. The van der Waals surface area contributed by atoms with Crippen LogP contribution in [0.15, 0.2) is 170 Å². The summed E-state index contributed by atoms with van der Waals surface area (Å²) in [7, 11) is 0. The van der Waals surface area contributed by atoms with Crippen molar-refractivity contribution in [1.29, 1.82) is 0 Å². The first-order valence-electron chi connectivity index (χ1n) is 16.9. The van der Waals surface area contributed by atoms with Crippen molar-refractivity contribution in [2.45, 2.75) is 34.1 Å². The van der Waals surface area contributed by atoms with Crippen LogP contribution in [0.3, 0.4) is 0 Å². The summed E-state index contributed by atoms with van der Waals surface area (Å²) in [5.41, 5.74) is 16.0. The van der Waals surface area contributed by atoms with E-state index >= 15 is 0 Å². The molecular formula is C46H42N2. The molecule has 1 atom stereocenters. The summed E-state index contributed by atoms with van der Waals surface area (Å²) in [5, 5.41) is 0. The van der Waals surface area contributed by atoms with Crippen molar-refractivity contribution in [3.63, 3.8) is 0 Å². The first-order valence-corrected chi connectivity index (χ1v) is 16.9. The summed E-state index contributed by atoms with van der Waals surface area (Å²) in [6, 6.07) is 55.0. The molecule has 0 spiro atoms. The van der Waals surface area contributed by atoms with E-state index in [1.807, 2.05) is 0 Å². The summed E-state index contributed by atoms with van der Waals surface area (Å²) in [6.07, 6.45) is 5.62. The van der Waals surface area contributed by atoms with Gasteiger partial charge in [0, 0.05) is 40.1 Å². The highest BCUT2D eigenvalue weighted by Crippen LogP contribution is 2.40. The number of hydrogen-bond donors (Lipinski definition) is 0. The van der Waals surface area contributed by atoms with Crippen LogP contribution in [0.4, 0.5) is 28.4 Å². The summed E-state index contributed by atoms with van der Waals surface area (Å²) in [6.45, 7) is 8.74. The number of rotatable bonds is 8. The van der Waals surface area contributed by atoms with Crippen LogP contribution in [0.25, 0.3) is 16.7 Å². The minimum absolute atomic E-state index is 0.365. The lowest BCUT2D eigenvalue weighted by atomic mass is 9.87. The van der Waals surface area contributed by atoms with Gasteiger partial charge in [0.2, 0.25) is 0 Å². The average Bonchev–Trinajstić information content (AvgIpc) is 3.12. The third-order valence-electron chi connectivity index (χ3n) is 9.35. The van der Waals surface area contributed by atoms with Crippen LogP contribution in [0.2, 0.25) is 0 Å². The molecule has 0 bridgehead atoms. The van der Waals surface area contributed by atoms with Gasteiger partial charge in [-0.05, 0) is 116 Å². The molecule has 0 aliphatic heterocycles. The van der Waals surface area contributed by atoms with Gasteiger partial charge < -0.3 is 9.80 Å². The summed E-state index contributed by atoms with van der Waals surface area (Å²) < 4.78 is 0. The molecule has 0 amide bonds. The Kier molecular flexibility index (Phi) is 8.81. The SMILES string of the molecule is Cc1ccc(N(C2=CC=C(c3ccc(-c4ccc(N(c5ccc(C)cc5)c5ccc(C)cc5)cc4)cc3)CC2C)c2ccccc2)cc1. The van der Waals surface area contributed by atoms with Gasteiger partial charge in [-0.15, -0.1) is 0 Å². The average molecular weight is 623 g/mol. The second-order valence-corrected chi connectivity index (χ2v) is 13.0. The number of nitrogens with zero attached hydrogens (tertiary/aromatic N) is 2. The molecule has 1 unspecified atom stereocenters. The lowest BCUT2D eigenvalue weighted by molar-refractivity contribution is 0.680. The van der Waals surface area contributed by atoms with Crippen molar-refractivity contribution in [3.05, 3.63) is 192 Å². The Hall–Kier alpha value is -5.60. The smallest absolute Gasteiger partial charge is 0.0462 e. The predicted molar refractivity (Wildman–Crippen MR) is 206 cm³/mol. The van der Waals surface area contributed by atoms with E-state index in [1.165, 1.54) is 56.0 Å². The van der Waals surface area contributed by atoms with Gasteiger partial charge in [-0.25, -0.2) is 0 Å². The normalized spacial score (nSPS) is 14.2. The van der Waals surface area contributed by atoms with E-state index in [9.17, 15) is 0 Å². The second kappa shape index (κ2) is 13.6. The molecule has 7 rings (SSSR count). The molecule has 1 aliphatic rings. The quantitative estimate of drug-likeness (QED) is 0.167. The van der Waals surface area contributed by atoms with Crippen molar-refractivity contribution >= 4 is 34.0 Å². The van der Waals surface area contributed by atoms with E-state index in [0.717, 1.165) is 23.5 Å². The van der Waals surface area contributed by atoms with Gasteiger partial charge in [0.05, 0.1) is 0 Å². The maximum absolute atomic E-state index is 2.41. The van der Waals surface area contributed by atoms with E-state index in [1.54, 1.807) is 0 Å². The molecule has 0 N–H and O–H groups in total. The standard InChI is InChI=1S/C46H42N2/c1-33-10-23-42(24-11-33)47(43-25-12-34(2)13-26-43)44-29-20-38(21-30-44)37-16-18-39(19-17-37)40-22-31-46(36(4)32-40)48(41-8-6-5-7-9-41)45-27-14-35(3)15-28-45/h5-31,36H,32H2,1-4H3. The lowest BCUT2D eigenvalue weighted by Gasteiger charge is -2.33. The van der Waals surface area contributed by atoms with Gasteiger partial charge in [-0.2, -0.15) is 0 Å². The van der Waals surface area contributed by atoms with Crippen molar-refractivity contribution in [3.8, 4) is 11.1 Å². The fourth-order valence-corrected chi connectivity index (χ4v) is 6.59. The summed E-state index contributed by atoms with van der Waals surface area (Å²) in [5.74, 6) is 0.365. The molecular weight excluding hydrogens is 581 g/mol. The molecule has 2 nitrogen and oxygen atoms in total. The number of hydrogen-bond acceptors (Lipinski definition) is 2. The fourth-order valence-electron chi connectivity index (χ4n) is 6.59. The topological polar surface area (TPSA) is 6.48 Å². The minimum Gasteiger partial charge on any atom is -0.314 e. The molecule has 2 heteroatoms. The summed E-state index contributed by atoms with van der Waals surface area (Å²) >= 11 is 0. The number of anilines is 5. The fraction of sp³-hybridized carbons (Fsp3) is 0.130. The number of allylic oxidation sites excluding steroid dienone is 4. The maximum atomic E-state index is 2.41. The maximum Gasteiger partial charge on any atom is 0.0462 e. The highest BCUT2D eigenvalue weighted by Gasteiger charge is 2.23. The molecule has 0 radical (unpaired) electrons. The number of benzene rings is 6. The van der Waals surface area contributed by atoms with Crippen molar-refractivity contribution < 1.29 is 0 Å². The first-order chi connectivity index (χ1) is 23.4. The largest absolute Gasteiger partial charge is 0.314 e. The van der Waals surface area contributed by atoms with Crippen LogP contribution < -0.4 is 9.80 Å². The van der Waals surface area contributed by atoms with Gasteiger partial charge in [0.1, 0.15) is 0 Å². The Morgan fingerprint density at radius 3 is 1.23 bits per heavy atom. The lowest BCUT2D eigenvalue weighted by Crippen LogP contribution is -2.23. The molecule has 6 aromatic carbocycles. The van der Waals surface area contributed by atoms with Crippen LogP contribution in [-0.4, -0.2) is 0 Å². The summed E-state index contributed by atoms with van der Waals surface area (Å²) in [4.78, 5) is 4.73. The van der Waals surface area contributed by atoms with E-state index in [4.69, 9.17) is 0 Å². The molecule has 236 valence electrons. The van der Waals surface area contributed by atoms with E-state index in [2.05, 4.69) is 201 Å². The Morgan fingerprint density at radius 2 is 0.771 bits per heavy atom. The van der Waals surface area contributed by atoms with Gasteiger partial charge in [-0.3, -0.25) is 0 Å². The van der Waals surface area contributed by atoms with Gasteiger partial charge in [0.15, 0.2) is 0 Å². The zero-order valence-electron chi connectivity index (χ0n) is 28.3. The van der Waals surface area contributed by atoms with E-state index in [-0.39, 0.29) is 0 Å². The van der Waals surface area contributed by atoms with Crippen LogP contribution in [0, 0.1) is 26.7 Å². The Labute approximate surface area is 286 Å². The molecule has 6 aromatic rings. The Morgan fingerprint density at radius 1 is 0.396 bits per heavy atom. The molecule has 0 aromatic heterocycles. The molecule has 0 fully saturated rings. The van der Waals surface area contributed by atoms with Crippen LogP contribution in [0.1, 0.15) is 35.6 Å². The molecule has 1 aliphatic carbocycles. The van der Waals surface area contributed by atoms with Crippen molar-refractivity contribution in [2.75, 3.05) is 9.80 Å². The highest BCUT2D eigenvalue weighted by atomic mass is 15.2. The van der Waals surface area contributed by atoms with Crippen molar-refractivity contribution in [1.82, 2.24) is 0 Å². The van der Waals surface area contributed by atoms with Crippen LogP contribution in [0.5, 0.6) is 0 Å². The minimum atomic E-state index is 0.365. The van der Waals surface area contributed by atoms with Gasteiger partial charge in [0.25, 0.3) is 0 Å². The molecule has 0 heterocycles. The van der Waals surface area contributed by atoms with E-state index < -0.39 is 0 Å². The van der Waals surface area contributed by atoms with Gasteiger partial charge >= 0.3 is 0 Å². The van der Waals surface area contributed by atoms with Crippen LogP contribution in [-0.2, 0) is 0 Å². The van der Waals surface area contributed by atoms with E-state index in [0.29, 0.717) is 5.92 Å². The van der Waals surface area contributed by atoms with Gasteiger partial charge in [-0.1, -0.05) is 121 Å². The Balaban J connectivity index is 1.14. The molecule has 0 saturated heterocycles. The monoisotopic (exact) mass is 622 g/mol. The van der Waals surface area contributed by atoms with Crippen molar-refractivity contribution in [2.24, 2.45) is 5.92 Å². The third kappa shape index (κ3) is 6.61. The Bertz CT molecular complexity index is 1990. The highest BCUT2D eigenvalue weighted by molar-refractivity contribution is 5.80.